The van der Waals surface area contributed by atoms with Crippen LogP contribution in [0.15, 0.2) is 24.4 Å². The molecule has 1 aromatic heterocycles. The predicted molar refractivity (Wildman–Crippen MR) is 81.7 cm³/mol. The number of aromatic nitrogens is 1. The number of nitriles is 1. The number of rotatable bonds is 4. The average molecular weight is 286 g/mol. The summed E-state index contributed by atoms with van der Waals surface area (Å²) in [5, 5.41) is 9.39. The molecule has 0 radical (unpaired) electrons. The van der Waals surface area contributed by atoms with Gasteiger partial charge in [-0.3, -0.25) is 4.79 Å². The summed E-state index contributed by atoms with van der Waals surface area (Å²) in [4.78, 5) is 21.0. The minimum absolute atomic E-state index is 0.0179. The summed E-state index contributed by atoms with van der Waals surface area (Å²) in [6, 6.07) is 8.08. The van der Waals surface area contributed by atoms with E-state index in [9.17, 15) is 10.1 Å². The van der Waals surface area contributed by atoms with Crippen LogP contribution in [0.25, 0.3) is 0 Å². The average Bonchev–Trinajstić information content (AvgIpc) is 2.58. The van der Waals surface area contributed by atoms with Crippen molar-refractivity contribution in [3.8, 4) is 6.07 Å². The van der Waals surface area contributed by atoms with Gasteiger partial charge in [0.25, 0.3) is 0 Å². The van der Waals surface area contributed by atoms with Crippen molar-refractivity contribution in [2.75, 3.05) is 31.1 Å². The smallest absolute Gasteiger partial charge is 0.243 e. The molecule has 1 aliphatic rings. The molecule has 0 saturated carbocycles. The Kier molecular flexibility index (Phi) is 4.79. The Balaban J connectivity index is 2.01. The highest BCUT2D eigenvalue weighted by molar-refractivity contribution is 5.85. The van der Waals surface area contributed by atoms with Crippen molar-refractivity contribution in [1.82, 2.24) is 9.88 Å². The third-order valence-corrected chi connectivity index (χ3v) is 4.37. The van der Waals surface area contributed by atoms with E-state index in [-0.39, 0.29) is 5.91 Å². The molecule has 0 spiro atoms. The normalized spacial score (nSPS) is 15.7. The summed E-state index contributed by atoms with van der Waals surface area (Å²) in [6.07, 6.45) is 2.92. The lowest BCUT2D eigenvalue weighted by atomic mass is 9.82. The van der Waals surface area contributed by atoms with Gasteiger partial charge in [-0.2, -0.15) is 5.26 Å². The number of anilines is 1. The zero-order valence-electron chi connectivity index (χ0n) is 12.7. The summed E-state index contributed by atoms with van der Waals surface area (Å²) in [5.41, 5.74) is -0.854. The van der Waals surface area contributed by atoms with Crippen LogP contribution in [0.4, 0.5) is 5.82 Å². The van der Waals surface area contributed by atoms with Crippen molar-refractivity contribution in [2.45, 2.75) is 26.7 Å². The van der Waals surface area contributed by atoms with Crippen molar-refractivity contribution in [2.24, 2.45) is 5.41 Å². The van der Waals surface area contributed by atoms with Crippen LogP contribution in [0.5, 0.6) is 0 Å². The number of piperazine rings is 1. The van der Waals surface area contributed by atoms with Crippen LogP contribution in [-0.2, 0) is 4.79 Å². The van der Waals surface area contributed by atoms with Crippen LogP contribution in [0.1, 0.15) is 26.7 Å². The standard InChI is InChI=1S/C16H22N4O/c1-3-16(4-2,13-17)15(21)20-11-9-19(10-12-20)14-7-5-6-8-18-14/h5-8H,3-4,9-12H2,1-2H3. The van der Waals surface area contributed by atoms with Gasteiger partial charge in [0.15, 0.2) is 0 Å². The fourth-order valence-electron chi connectivity index (χ4n) is 2.74. The van der Waals surface area contributed by atoms with Crippen LogP contribution in [0.2, 0.25) is 0 Å². The lowest BCUT2D eigenvalue weighted by molar-refractivity contribution is -0.139. The lowest BCUT2D eigenvalue weighted by Crippen LogP contribution is -2.53. The van der Waals surface area contributed by atoms with E-state index in [1.54, 1.807) is 6.20 Å². The first-order valence-electron chi connectivity index (χ1n) is 7.53. The maximum atomic E-state index is 12.6. The largest absolute Gasteiger partial charge is 0.353 e. The number of amides is 1. The highest BCUT2D eigenvalue weighted by Crippen LogP contribution is 2.28. The molecule has 0 aromatic carbocycles. The molecule has 5 heteroatoms. The SMILES string of the molecule is CCC(C#N)(CC)C(=O)N1CCN(c2ccccn2)CC1. The quantitative estimate of drug-likeness (QED) is 0.850. The molecule has 21 heavy (non-hydrogen) atoms. The maximum absolute atomic E-state index is 12.6. The molecule has 0 aliphatic carbocycles. The highest BCUT2D eigenvalue weighted by atomic mass is 16.2. The highest BCUT2D eigenvalue weighted by Gasteiger charge is 2.39. The van der Waals surface area contributed by atoms with Gasteiger partial charge in [-0.05, 0) is 25.0 Å². The van der Waals surface area contributed by atoms with Gasteiger partial charge in [-0.1, -0.05) is 19.9 Å². The molecule has 5 nitrogen and oxygen atoms in total. The van der Waals surface area contributed by atoms with Crippen LogP contribution in [-0.4, -0.2) is 42.0 Å². The monoisotopic (exact) mass is 286 g/mol. The molecular weight excluding hydrogens is 264 g/mol. The van der Waals surface area contributed by atoms with E-state index in [4.69, 9.17) is 0 Å². The van der Waals surface area contributed by atoms with Crippen LogP contribution >= 0.6 is 0 Å². The van der Waals surface area contributed by atoms with Crippen molar-refractivity contribution in [3.63, 3.8) is 0 Å². The molecule has 0 N–H and O–H groups in total. The van der Waals surface area contributed by atoms with Crippen molar-refractivity contribution in [1.29, 1.82) is 5.26 Å². The molecule has 2 rings (SSSR count). The van der Waals surface area contributed by atoms with E-state index in [0.717, 1.165) is 18.9 Å². The van der Waals surface area contributed by atoms with Crippen LogP contribution in [0, 0.1) is 16.7 Å². The second kappa shape index (κ2) is 6.57. The molecule has 1 amide bonds. The minimum atomic E-state index is -0.854. The first kappa shape index (κ1) is 15.3. The van der Waals surface area contributed by atoms with Gasteiger partial charge in [-0.25, -0.2) is 4.98 Å². The fourth-order valence-corrected chi connectivity index (χ4v) is 2.74. The summed E-state index contributed by atoms with van der Waals surface area (Å²) >= 11 is 0. The third-order valence-electron chi connectivity index (χ3n) is 4.37. The first-order valence-corrected chi connectivity index (χ1v) is 7.53. The molecule has 2 heterocycles. The second-order valence-electron chi connectivity index (χ2n) is 5.37. The Morgan fingerprint density at radius 3 is 2.43 bits per heavy atom. The summed E-state index contributed by atoms with van der Waals surface area (Å²) in [6.45, 7) is 6.65. The van der Waals surface area contributed by atoms with Crippen LogP contribution in [0.3, 0.4) is 0 Å². The predicted octanol–water partition coefficient (Wildman–Crippen LogP) is 2.06. The van der Waals surface area contributed by atoms with Crippen molar-refractivity contribution in [3.05, 3.63) is 24.4 Å². The van der Waals surface area contributed by atoms with Gasteiger partial charge in [0.05, 0.1) is 6.07 Å². The Labute approximate surface area is 126 Å². The lowest BCUT2D eigenvalue weighted by Gasteiger charge is -2.38. The van der Waals surface area contributed by atoms with Gasteiger partial charge in [0.2, 0.25) is 5.91 Å². The van der Waals surface area contributed by atoms with Gasteiger partial charge < -0.3 is 9.80 Å². The van der Waals surface area contributed by atoms with E-state index in [2.05, 4.69) is 16.0 Å². The van der Waals surface area contributed by atoms with Crippen LogP contribution < -0.4 is 4.90 Å². The second-order valence-corrected chi connectivity index (χ2v) is 5.37. The fraction of sp³-hybridized carbons (Fsp3) is 0.562. The zero-order valence-corrected chi connectivity index (χ0v) is 12.7. The van der Waals surface area contributed by atoms with E-state index >= 15 is 0 Å². The van der Waals surface area contributed by atoms with E-state index < -0.39 is 5.41 Å². The van der Waals surface area contributed by atoms with Gasteiger partial charge >= 0.3 is 0 Å². The Bertz CT molecular complexity index is 511. The zero-order chi connectivity index (χ0) is 15.3. The summed E-state index contributed by atoms with van der Waals surface area (Å²) in [5.74, 6) is 0.929. The Morgan fingerprint density at radius 1 is 1.29 bits per heavy atom. The topological polar surface area (TPSA) is 60.2 Å². The number of hydrogen-bond donors (Lipinski definition) is 0. The molecule has 1 fully saturated rings. The van der Waals surface area contributed by atoms with E-state index in [1.165, 1.54) is 0 Å². The maximum Gasteiger partial charge on any atom is 0.243 e. The first-order chi connectivity index (χ1) is 10.2. The molecule has 112 valence electrons. The minimum Gasteiger partial charge on any atom is -0.353 e. The van der Waals surface area contributed by atoms with E-state index in [0.29, 0.717) is 25.9 Å². The third kappa shape index (κ3) is 2.99. The van der Waals surface area contributed by atoms with Gasteiger partial charge in [0, 0.05) is 32.4 Å². The van der Waals surface area contributed by atoms with Crippen molar-refractivity contribution >= 4 is 11.7 Å². The molecular formula is C16H22N4O. The Morgan fingerprint density at radius 2 is 1.95 bits per heavy atom. The number of hydrogen-bond acceptors (Lipinski definition) is 4. The number of carbonyl (C=O) groups is 1. The van der Waals surface area contributed by atoms with Crippen molar-refractivity contribution < 1.29 is 4.79 Å². The molecule has 1 aromatic rings. The number of nitrogens with zero attached hydrogens (tertiary/aromatic N) is 4. The molecule has 0 atom stereocenters. The number of carbonyl (C=O) groups excluding carboxylic acids is 1. The molecule has 1 saturated heterocycles. The van der Waals surface area contributed by atoms with Gasteiger partial charge in [-0.15, -0.1) is 0 Å². The summed E-state index contributed by atoms with van der Waals surface area (Å²) in [7, 11) is 0. The Hall–Kier alpha value is -2.09. The molecule has 0 unspecified atom stereocenters. The molecule has 0 bridgehead atoms. The number of pyridine rings is 1. The van der Waals surface area contributed by atoms with Gasteiger partial charge in [0.1, 0.15) is 11.2 Å². The summed E-state index contributed by atoms with van der Waals surface area (Å²) < 4.78 is 0. The molecule has 1 aliphatic heterocycles. The van der Waals surface area contributed by atoms with E-state index in [1.807, 2.05) is 36.9 Å².